The monoisotopic (exact) mass is 352 g/mol. The van der Waals surface area contributed by atoms with E-state index in [0.29, 0.717) is 12.3 Å². The Morgan fingerprint density at radius 3 is 2.38 bits per heavy atom. The van der Waals surface area contributed by atoms with Crippen molar-refractivity contribution in [3.8, 4) is 0 Å². The maximum absolute atomic E-state index is 12.3. The number of benzene rings is 1. The summed E-state index contributed by atoms with van der Waals surface area (Å²) < 4.78 is 24.5. The van der Waals surface area contributed by atoms with Crippen molar-refractivity contribution in [1.29, 1.82) is 0 Å². The normalized spacial score (nSPS) is 16.7. The number of amides is 2. The van der Waals surface area contributed by atoms with Crippen LogP contribution in [0, 0.1) is 5.92 Å². The summed E-state index contributed by atoms with van der Waals surface area (Å²) in [5, 5.41) is 2.59. The molecule has 7 heteroatoms. The van der Waals surface area contributed by atoms with E-state index in [4.69, 9.17) is 5.73 Å². The zero-order chi connectivity index (χ0) is 17.6. The van der Waals surface area contributed by atoms with Gasteiger partial charge in [-0.15, -0.1) is 0 Å². The SMILES string of the molecule is NC(=O)[C@H](CCS(=O)(=O)c1ccccc1)NC(=O)CC1CCCC1. The highest BCUT2D eigenvalue weighted by Gasteiger charge is 2.24. The van der Waals surface area contributed by atoms with Gasteiger partial charge in [-0.1, -0.05) is 31.0 Å². The minimum atomic E-state index is -3.51. The molecule has 0 aromatic heterocycles. The molecule has 0 aliphatic heterocycles. The fourth-order valence-electron chi connectivity index (χ4n) is 3.03. The van der Waals surface area contributed by atoms with Crippen LogP contribution < -0.4 is 11.1 Å². The van der Waals surface area contributed by atoms with Crippen LogP contribution >= 0.6 is 0 Å². The first kappa shape index (κ1) is 18.4. The molecule has 1 aliphatic rings. The first-order chi connectivity index (χ1) is 11.4. The second-order valence-corrected chi connectivity index (χ2v) is 8.41. The molecule has 0 saturated heterocycles. The molecule has 132 valence electrons. The first-order valence-corrected chi connectivity index (χ1v) is 9.90. The van der Waals surface area contributed by atoms with E-state index in [-0.39, 0.29) is 23.0 Å². The summed E-state index contributed by atoms with van der Waals surface area (Å²) in [5.41, 5.74) is 5.31. The van der Waals surface area contributed by atoms with Crippen LogP contribution in [-0.2, 0) is 19.4 Å². The van der Waals surface area contributed by atoms with Gasteiger partial charge in [-0.2, -0.15) is 0 Å². The molecule has 0 bridgehead atoms. The van der Waals surface area contributed by atoms with Crippen molar-refractivity contribution in [3.63, 3.8) is 0 Å². The van der Waals surface area contributed by atoms with Gasteiger partial charge in [0.2, 0.25) is 11.8 Å². The number of hydrogen-bond donors (Lipinski definition) is 2. The van der Waals surface area contributed by atoms with Crippen LogP contribution in [0.3, 0.4) is 0 Å². The molecule has 3 N–H and O–H groups in total. The standard InChI is InChI=1S/C17H24N2O4S/c18-17(21)15(19-16(20)12-13-6-4-5-7-13)10-11-24(22,23)14-8-2-1-3-9-14/h1-3,8-9,13,15H,4-7,10-12H2,(H2,18,21)(H,19,20)/t15-/m0/s1. The molecule has 0 spiro atoms. The number of nitrogens with one attached hydrogen (secondary N) is 1. The number of nitrogens with two attached hydrogens (primary N) is 1. The average Bonchev–Trinajstić information content (AvgIpc) is 3.05. The molecule has 1 fully saturated rings. The highest BCUT2D eigenvalue weighted by Crippen LogP contribution is 2.27. The lowest BCUT2D eigenvalue weighted by molar-refractivity contribution is -0.128. The van der Waals surface area contributed by atoms with Gasteiger partial charge in [-0.25, -0.2) is 8.42 Å². The van der Waals surface area contributed by atoms with E-state index in [9.17, 15) is 18.0 Å². The average molecular weight is 352 g/mol. The molecule has 0 radical (unpaired) electrons. The van der Waals surface area contributed by atoms with E-state index in [0.717, 1.165) is 25.7 Å². The van der Waals surface area contributed by atoms with Crippen LogP contribution in [0.2, 0.25) is 0 Å². The predicted octanol–water partition coefficient (Wildman–Crippen LogP) is 1.40. The van der Waals surface area contributed by atoms with E-state index >= 15 is 0 Å². The molecule has 6 nitrogen and oxygen atoms in total. The first-order valence-electron chi connectivity index (χ1n) is 8.25. The Morgan fingerprint density at radius 2 is 1.79 bits per heavy atom. The van der Waals surface area contributed by atoms with Crippen molar-refractivity contribution >= 4 is 21.7 Å². The van der Waals surface area contributed by atoms with Gasteiger partial charge in [0.1, 0.15) is 6.04 Å². The third-order valence-electron chi connectivity index (χ3n) is 4.41. The number of primary amides is 1. The summed E-state index contributed by atoms with van der Waals surface area (Å²) in [7, 11) is -3.51. The lowest BCUT2D eigenvalue weighted by atomic mass is 10.0. The zero-order valence-corrected chi connectivity index (χ0v) is 14.4. The van der Waals surface area contributed by atoms with E-state index in [1.807, 2.05) is 0 Å². The molecule has 0 heterocycles. The van der Waals surface area contributed by atoms with Crippen LogP contribution in [0.1, 0.15) is 38.5 Å². The predicted molar refractivity (Wildman–Crippen MR) is 90.8 cm³/mol. The van der Waals surface area contributed by atoms with Crippen LogP contribution in [0.25, 0.3) is 0 Å². The van der Waals surface area contributed by atoms with Gasteiger partial charge >= 0.3 is 0 Å². The van der Waals surface area contributed by atoms with Crippen molar-refractivity contribution in [2.24, 2.45) is 11.7 Å². The third kappa shape index (κ3) is 5.33. The number of hydrogen-bond acceptors (Lipinski definition) is 4. The Hall–Kier alpha value is -1.89. The second kappa shape index (κ2) is 8.28. The largest absolute Gasteiger partial charge is 0.368 e. The quantitative estimate of drug-likeness (QED) is 0.737. The molecule has 1 saturated carbocycles. The Balaban J connectivity index is 1.91. The molecular formula is C17H24N2O4S. The summed E-state index contributed by atoms with van der Waals surface area (Å²) in [4.78, 5) is 23.8. The van der Waals surface area contributed by atoms with Crippen molar-refractivity contribution in [3.05, 3.63) is 30.3 Å². The van der Waals surface area contributed by atoms with E-state index in [2.05, 4.69) is 5.32 Å². The number of sulfone groups is 1. The summed E-state index contributed by atoms with van der Waals surface area (Å²) in [6.07, 6.45) is 4.66. The van der Waals surface area contributed by atoms with E-state index < -0.39 is 21.8 Å². The minimum absolute atomic E-state index is 0.0248. The van der Waals surface area contributed by atoms with Crippen molar-refractivity contribution < 1.29 is 18.0 Å². The summed E-state index contributed by atoms with van der Waals surface area (Å²) >= 11 is 0. The fraction of sp³-hybridized carbons (Fsp3) is 0.529. The zero-order valence-electron chi connectivity index (χ0n) is 13.6. The van der Waals surface area contributed by atoms with Gasteiger partial charge in [0.25, 0.3) is 0 Å². The molecule has 2 amide bonds. The molecule has 0 unspecified atom stereocenters. The summed E-state index contributed by atoms with van der Waals surface area (Å²) in [5.74, 6) is -0.832. The molecular weight excluding hydrogens is 328 g/mol. The maximum Gasteiger partial charge on any atom is 0.240 e. The van der Waals surface area contributed by atoms with Gasteiger partial charge < -0.3 is 11.1 Å². The van der Waals surface area contributed by atoms with Gasteiger partial charge in [0.15, 0.2) is 9.84 Å². The number of rotatable bonds is 8. The van der Waals surface area contributed by atoms with Crippen LogP contribution in [-0.4, -0.2) is 32.0 Å². The van der Waals surface area contributed by atoms with Crippen molar-refractivity contribution in [1.82, 2.24) is 5.32 Å². The van der Waals surface area contributed by atoms with Gasteiger partial charge in [-0.05, 0) is 37.3 Å². The molecule has 1 aliphatic carbocycles. The van der Waals surface area contributed by atoms with Gasteiger partial charge in [0, 0.05) is 6.42 Å². The smallest absolute Gasteiger partial charge is 0.240 e. The lowest BCUT2D eigenvalue weighted by Crippen LogP contribution is -2.45. The molecule has 1 aromatic rings. The highest BCUT2D eigenvalue weighted by molar-refractivity contribution is 7.91. The topological polar surface area (TPSA) is 106 Å². The lowest BCUT2D eigenvalue weighted by Gasteiger charge is -2.17. The number of carbonyl (C=O) groups excluding carboxylic acids is 2. The van der Waals surface area contributed by atoms with Crippen molar-refractivity contribution in [2.75, 3.05) is 5.75 Å². The molecule has 24 heavy (non-hydrogen) atoms. The Morgan fingerprint density at radius 1 is 1.17 bits per heavy atom. The number of carbonyl (C=O) groups is 2. The van der Waals surface area contributed by atoms with E-state index in [1.54, 1.807) is 18.2 Å². The fourth-order valence-corrected chi connectivity index (χ4v) is 4.39. The van der Waals surface area contributed by atoms with Crippen LogP contribution in [0.4, 0.5) is 0 Å². The van der Waals surface area contributed by atoms with Gasteiger partial charge in [0.05, 0.1) is 10.6 Å². The third-order valence-corrected chi connectivity index (χ3v) is 6.17. The Bertz CT molecular complexity index is 667. The van der Waals surface area contributed by atoms with Crippen LogP contribution in [0.5, 0.6) is 0 Å². The maximum atomic E-state index is 12.3. The van der Waals surface area contributed by atoms with Crippen LogP contribution in [0.15, 0.2) is 35.2 Å². The Kier molecular flexibility index (Phi) is 6.36. The second-order valence-electron chi connectivity index (χ2n) is 6.30. The molecule has 1 aromatic carbocycles. The minimum Gasteiger partial charge on any atom is -0.368 e. The van der Waals surface area contributed by atoms with E-state index in [1.165, 1.54) is 12.1 Å². The van der Waals surface area contributed by atoms with Gasteiger partial charge in [-0.3, -0.25) is 9.59 Å². The van der Waals surface area contributed by atoms with Crippen molar-refractivity contribution in [2.45, 2.75) is 49.5 Å². The summed E-state index contributed by atoms with van der Waals surface area (Å²) in [6.45, 7) is 0. The summed E-state index contributed by atoms with van der Waals surface area (Å²) in [6, 6.07) is 7.07. The molecule has 2 rings (SSSR count). The highest BCUT2D eigenvalue weighted by atomic mass is 32.2. The molecule has 1 atom stereocenters. The Labute approximate surface area is 142 Å².